The van der Waals surface area contributed by atoms with Crippen molar-refractivity contribution in [2.24, 2.45) is 0 Å². The Morgan fingerprint density at radius 3 is 2.83 bits per heavy atom. The van der Waals surface area contributed by atoms with E-state index in [0.29, 0.717) is 18.4 Å². The normalized spacial score (nSPS) is 19.4. The van der Waals surface area contributed by atoms with E-state index in [0.717, 1.165) is 18.5 Å². The Morgan fingerprint density at radius 1 is 1.50 bits per heavy atom. The van der Waals surface area contributed by atoms with Crippen molar-refractivity contribution < 1.29 is 14.6 Å². The number of fused-ring (bicyclic) bond motifs is 1. The van der Waals surface area contributed by atoms with E-state index in [1.165, 1.54) is 5.56 Å². The second-order valence-electron chi connectivity index (χ2n) is 4.82. The lowest BCUT2D eigenvalue weighted by atomic mass is 9.93. The third-order valence-electron chi connectivity index (χ3n) is 3.52. The van der Waals surface area contributed by atoms with Crippen LogP contribution in [0.1, 0.15) is 35.3 Å². The first-order valence-electron chi connectivity index (χ1n) is 6.25. The van der Waals surface area contributed by atoms with Gasteiger partial charge in [-0.05, 0) is 50.6 Å². The van der Waals surface area contributed by atoms with Gasteiger partial charge in [0, 0.05) is 12.6 Å². The Bertz CT molecular complexity index is 470. The minimum Gasteiger partial charge on any atom is -0.493 e. The van der Waals surface area contributed by atoms with E-state index in [1.807, 2.05) is 13.0 Å². The molecule has 0 saturated heterocycles. The van der Waals surface area contributed by atoms with E-state index in [1.54, 1.807) is 6.07 Å². The third kappa shape index (κ3) is 2.34. The van der Waals surface area contributed by atoms with Crippen molar-refractivity contribution in [3.8, 4) is 5.75 Å². The number of carboxylic acids is 1. The van der Waals surface area contributed by atoms with Crippen molar-refractivity contribution in [1.82, 2.24) is 4.90 Å². The highest BCUT2D eigenvalue weighted by molar-refractivity contribution is 5.91. The zero-order valence-corrected chi connectivity index (χ0v) is 11.1. The molecule has 0 radical (unpaired) electrons. The zero-order valence-electron chi connectivity index (χ0n) is 11.1. The number of carboxylic acid groups (broad SMARTS) is 1. The number of hydrogen-bond acceptors (Lipinski definition) is 3. The van der Waals surface area contributed by atoms with Gasteiger partial charge in [0.05, 0.1) is 6.61 Å². The monoisotopic (exact) mass is 249 g/mol. The van der Waals surface area contributed by atoms with Gasteiger partial charge < -0.3 is 9.84 Å². The molecule has 2 rings (SSSR count). The van der Waals surface area contributed by atoms with Crippen molar-refractivity contribution in [2.45, 2.75) is 32.9 Å². The lowest BCUT2D eigenvalue weighted by molar-refractivity contribution is 0.0692. The average molecular weight is 249 g/mol. The summed E-state index contributed by atoms with van der Waals surface area (Å²) in [5.41, 5.74) is 2.57. The fourth-order valence-corrected chi connectivity index (χ4v) is 2.34. The third-order valence-corrected chi connectivity index (χ3v) is 3.52. The largest absolute Gasteiger partial charge is 0.493 e. The number of nitrogens with zero attached hydrogens (tertiary/aromatic N) is 1. The molecule has 1 unspecified atom stereocenters. The van der Waals surface area contributed by atoms with Gasteiger partial charge in [-0.25, -0.2) is 4.79 Å². The van der Waals surface area contributed by atoms with Crippen LogP contribution in [0.5, 0.6) is 5.75 Å². The van der Waals surface area contributed by atoms with Crippen LogP contribution in [-0.4, -0.2) is 35.7 Å². The number of aromatic carboxylic acids is 1. The Kier molecular flexibility index (Phi) is 3.57. The highest BCUT2D eigenvalue weighted by Crippen LogP contribution is 2.29. The highest BCUT2D eigenvalue weighted by atomic mass is 16.5. The molecule has 98 valence electrons. The van der Waals surface area contributed by atoms with Crippen LogP contribution < -0.4 is 4.74 Å². The Balaban J connectivity index is 2.45. The predicted octanol–water partition coefficient (Wildman–Crippen LogP) is 2.16. The van der Waals surface area contributed by atoms with Crippen molar-refractivity contribution >= 4 is 5.97 Å². The first-order valence-corrected chi connectivity index (χ1v) is 6.25. The van der Waals surface area contributed by atoms with Gasteiger partial charge in [-0.15, -0.1) is 0 Å². The fraction of sp³-hybridized carbons (Fsp3) is 0.500. The molecule has 1 aliphatic heterocycles. The maximum absolute atomic E-state index is 11.2. The topological polar surface area (TPSA) is 49.8 Å². The number of hydrogen-bond donors (Lipinski definition) is 1. The lowest BCUT2D eigenvalue weighted by Gasteiger charge is -2.32. The van der Waals surface area contributed by atoms with E-state index < -0.39 is 5.97 Å². The second-order valence-corrected chi connectivity index (χ2v) is 4.82. The van der Waals surface area contributed by atoms with Crippen LogP contribution in [0.25, 0.3) is 0 Å². The highest BCUT2D eigenvalue weighted by Gasteiger charge is 2.23. The van der Waals surface area contributed by atoms with Crippen LogP contribution >= 0.6 is 0 Å². The molecule has 1 aromatic rings. The molecule has 0 spiro atoms. The number of likely N-dealkylation sites (N-methyl/N-ethyl adjacent to an activating group) is 1. The summed E-state index contributed by atoms with van der Waals surface area (Å²) in [6.07, 6.45) is 0.887. The summed E-state index contributed by atoms with van der Waals surface area (Å²) in [7, 11) is 2.08. The van der Waals surface area contributed by atoms with Crippen LogP contribution in [0.2, 0.25) is 0 Å². The number of rotatable bonds is 3. The molecule has 1 aromatic carbocycles. The molecule has 0 aromatic heterocycles. The van der Waals surface area contributed by atoms with Crippen LogP contribution in [0, 0.1) is 0 Å². The lowest BCUT2D eigenvalue weighted by Crippen LogP contribution is -2.35. The minimum absolute atomic E-state index is 0.271. The predicted molar refractivity (Wildman–Crippen MR) is 69.2 cm³/mol. The number of benzene rings is 1. The smallest absolute Gasteiger partial charge is 0.339 e. The molecular formula is C14H19NO3. The molecule has 4 nitrogen and oxygen atoms in total. The van der Waals surface area contributed by atoms with E-state index in [4.69, 9.17) is 4.74 Å². The summed E-state index contributed by atoms with van der Waals surface area (Å²) in [4.78, 5) is 13.5. The van der Waals surface area contributed by atoms with Gasteiger partial charge in [0.1, 0.15) is 11.3 Å². The summed E-state index contributed by atoms with van der Waals surface area (Å²) in [6.45, 7) is 5.33. The van der Waals surface area contributed by atoms with Gasteiger partial charge in [-0.3, -0.25) is 4.90 Å². The molecule has 4 heteroatoms. The maximum atomic E-state index is 11.2. The van der Waals surface area contributed by atoms with Crippen molar-refractivity contribution in [1.29, 1.82) is 0 Å². The van der Waals surface area contributed by atoms with E-state index >= 15 is 0 Å². The Labute approximate surface area is 107 Å². The van der Waals surface area contributed by atoms with Gasteiger partial charge in [0.15, 0.2) is 0 Å². The van der Waals surface area contributed by atoms with Crippen molar-refractivity contribution in [3.63, 3.8) is 0 Å². The van der Waals surface area contributed by atoms with Crippen LogP contribution in [0.4, 0.5) is 0 Å². The molecule has 1 heterocycles. The van der Waals surface area contributed by atoms with Crippen molar-refractivity contribution in [2.75, 3.05) is 13.7 Å². The maximum Gasteiger partial charge on any atom is 0.339 e. The van der Waals surface area contributed by atoms with E-state index in [-0.39, 0.29) is 5.56 Å². The molecule has 0 amide bonds. The Morgan fingerprint density at radius 2 is 2.22 bits per heavy atom. The molecule has 0 saturated carbocycles. The first kappa shape index (κ1) is 12.9. The molecule has 0 bridgehead atoms. The van der Waals surface area contributed by atoms with Gasteiger partial charge in [-0.2, -0.15) is 0 Å². The number of ether oxygens (including phenoxy) is 1. The summed E-state index contributed by atoms with van der Waals surface area (Å²) in [5.74, 6) is -0.445. The van der Waals surface area contributed by atoms with Crippen LogP contribution in [0.15, 0.2) is 12.1 Å². The summed E-state index contributed by atoms with van der Waals surface area (Å²) in [6, 6.07) is 4.09. The van der Waals surface area contributed by atoms with Gasteiger partial charge in [0.2, 0.25) is 0 Å². The zero-order chi connectivity index (χ0) is 13.3. The standard InChI is InChI=1S/C14H19NO3/c1-4-18-13-7-11-8-15(3)9(2)5-10(11)6-12(13)14(16)17/h6-7,9H,4-5,8H2,1-3H3,(H,16,17). The molecule has 0 aliphatic carbocycles. The number of carbonyl (C=O) groups is 1. The molecule has 1 atom stereocenters. The molecule has 1 aliphatic rings. The minimum atomic E-state index is -0.923. The van der Waals surface area contributed by atoms with E-state index in [2.05, 4.69) is 18.9 Å². The summed E-state index contributed by atoms with van der Waals surface area (Å²) >= 11 is 0. The summed E-state index contributed by atoms with van der Waals surface area (Å²) < 4.78 is 5.43. The quantitative estimate of drug-likeness (QED) is 0.891. The molecule has 0 fully saturated rings. The first-order chi connectivity index (χ1) is 8.52. The SMILES string of the molecule is CCOc1cc2c(cc1C(=O)O)CC(C)N(C)C2. The second kappa shape index (κ2) is 4.98. The fourth-order valence-electron chi connectivity index (χ4n) is 2.34. The van der Waals surface area contributed by atoms with Crippen molar-refractivity contribution in [3.05, 3.63) is 28.8 Å². The molecule has 18 heavy (non-hydrogen) atoms. The van der Waals surface area contributed by atoms with Crippen LogP contribution in [0.3, 0.4) is 0 Å². The van der Waals surface area contributed by atoms with Crippen LogP contribution in [-0.2, 0) is 13.0 Å². The van der Waals surface area contributed by atoms with E-state index in [9.17, 15) is 9.90 Å². The average Bonchev–Trinajstić information content (AvgIpc) is 2.30. The van der Waals surface area contributed by atoms with Gasteiger partial charge >= 0.3 is 5.97 Å². The summed E-state index contributed by atoms with van der Waals surface area (Å²) in [5, 5.41) is 9.22. The molecule has 1 N–H and O–H groups in total. The Hall–Kier alpha value is -1.55. The van der Waals surface area contributed by atoms with Gasteiger partial charge in [-0.1, -0.05) is 0 Å². The van der Waals surface area contributed by atoms with Gasteiger partial charge in [0.25, 0.3) is 0 Å². The molecular weight excluding hydrogens is 230 g/mol.